The zero-order valence-electron chi connectivity index (χ0n) is 11.8. The van der Waals surface area contributed by atoms with Crippen LogP contribution in [0.5, 0.6) is 0 Å². The van der Waals surface area contributed by atoms with Crippen molar-refractivity contribution < 1.29 is 15.0 Å². The first kappa shape index (κ1) is 13.9. The van der Waals surface area contributed by atoms with E-state index < -0.39 is 5.97 Å². The van der Waals surface area contributed by atoms with Gasteiger partial charge in [0.1, 0.15) is 5.65 Å². The number of hydrogen-bond acceptors (Lipinski definition) is 4. The minimum atomic E-state index is -0.975. The maximum atomic E-state index is 11.7. The Morgan fingerprint density at radius 2 is 2.24 bits per heavy atom. The van der Waals surface area contributed by atoms with E-state index >= 15 is 0 Å². The van der Waals surface area contributed by atoms with E-state index in [0.29, 0.717) is 30.5 Å². The summed E-state index contributed by atoms with van der Waals surface area (Å²) in [5.41, 5.74) is 0.841. The predicted molar refractivity (Wildman–Crippen MR) is 78.8 cm³/mol. The molecule has 2 aromatic rings. The number of rotatable bonds is 6. The second kappa shape index (κ2) is 5.73. The van der Waals surface area contributed by atoms with Crippen molar-refractivity contribution in [3.8, 4) is 0 Å². The van der Waals surface area contributed by atoms with Gasteiger partial charge >= 0.3 is 5.97 Å². The fraction of sp³-hybridized carbons (Fsp3) is 0.467. The number of aliphatic hydroxyl groups excluding tert-OH is 1. The molecule has 21 heavy (non-hydrogen) atoms. The van der Waals surface area contributed by atoms with Gasteiger partial charge in [-0.05, 0) is 37.8 Å². The van der Waals surface area contributed by atoms with Crippen molar-refractivity contribution in [2.75, 3.05) is 18.1 Å². The summed E-state index contributed by atoms with van der Waals surface area (Å²) in [7, 11) is 0. The number of hydrogen-bond donors (Lipinski definition) is 2. The van der Waals surface area contributed by atoms with Crippen LogP contribution in [0, 0.1) is 0 Å². The van der Waals surface area contributed by atoms with Gasteiger partial charge in [0.2, 0.25) is 0 Å². The van der Waals surface area contributed by atoms with E-state index in [2.05, 4.69) is 9.88 Å². The van der Waals surface area contributed by atoms with Crippen LogP contribution in [0.2, 0.25) is 0 Å². The second-order valence-corrected chi connectivity index (χ2v) is 5.37. The Hall–Kier alpha value is -2.08. The number of aromatic carboxylic acids is 1. The van der Waals surface area contributed by atoms with Crippen molar-refractivity contribution in [3.05, 3.63) is 30.1 Å². The quantitative estimate of drug-likeness (QED) is 0.847. The number of nitrogens with zero attached hydrogens (tertiary/aromatic N) is 3. The lowest BCUT2D eigenvalue weighted by Gasteiger charge is -2.38. The Morgan fingerprint density at radius 1 is 1.43 bits per heavy atom. The number of carboxylic acid groups (broad SMARTS) is 1. The number of aliphatic hydroxyl groups is 1. The highest BCUT2D eigenvalue weighted by molar-refractivity contribution is 5.93. The molecule has 0 atom stereocenters. The zero-order valence-corrected chi connectivity index (χ0v) is 11.8. The average Bonchev–Trinajstić information content (AvgIpc) is 2.80. The van der Waals surface area contributed by atoms with Gasteiger partial charge < -0.3 is 15.1 Å². The monoisotopic (exact) mass is 289 g/mol. The van der Waals surface area contributed by atoms with E-state index in [1.807, 2.05) is 6.07 Å². The van der Waals surface area contributed by atoms with E-state index in [-0.39, 0.29) is 12.3 Å². The maximum Gasteiger partial charge on any atom is 0.356 e. The van der Waals surface area contributed by atoms with Gasteiger partial charge in [-0.25, -0.2) is 9.78 Å². The summed E-state index contributed by atoms with van der Waals surface area (Å²) in [6.45, 7) is 0.727. The molecule has 3 rings (SSSR count). The summed E-state index contributed by atoms with van der Waals surface area (Å²) >= 11 is 0. The molecule has 0 saturated heterocycles. The highest BCUT2D eigenvalue weighted by atomic mass is 16.4. The average molecular weight is 289 g/mol. The number of fused-ring (bicyclic) bond motifs is 1. The van der Waals surface area contributed by atoms with Crippen LogP contribution in [0.25, 0.3) is 5.65 Å². The number of imidazole rings is 1. The SMILES string of the molecule is O=C(O)c1c(N(CCCO)C2CCC2)nc2ccccn12. The smallest absolute Gasteiger partial charge is 0.356 e. The molecule has 6 nitrogen and oxygen atoms in total. The summed E-state index contributed by atoms with van der Waals surface area (Å²) in [6, 6.07) is 5.78. The van der Waals surface area contributed by atoms with Gasteiger partial charge in [0.05, 0.1) is 0 Å². The lowest BCUT2D eigenvalue weighted by molar-refractivity contribution is 0.0690. The Bertz CT molecular complexity index is 649. The van der Waals surface area contributed by atoms with Gasteiger partial charge in [0, 0.05) is 25.4 Å². The molecule has 2 heterocycles. The molecule has 0 radical (unpaired) electrons. The summed E-state index contributed by atoms with van der Waals surface area (Å²) < 4.78 is 1.61. The molecule has 1 fully saturated rings. The largest absolute Gasteiger partial charge is 0.476 e. The third-order valence-electron chi connectivity index (χ3n) is 4.06. The van der Waals surface area contributed by atoms with Gasteiger partial charge in [-0.1, -0.05) is 6.07 Å². The molecule has 0 amide bonds. The zero-order chi connectivity index (χ0) is 14.8. The Kier molecular flexibility index (Phi) is 3.79. The molecule has 0 spiro atoms. The van der Waals surface area contributed by atoms with Crippen LogP contribution in [-0.2, 0) is 0 Å². The molecule has 112 valence electrons. The molecular weight excluding hydrogens is 270 g/mol. The number of carboxylic acids is 1. The highest BCUT2D eigenvalue weighted by Gasteiger charge is 2.31. The van der Waals surface area contributed by atoms with Crippen LogP contribution in [-0.4, -0.2) is 44.8 Å². The predicted octanol–water partition coefficient (Wildman–Crippen LogP) is 1.77. The molecule has 1 aliphatic carbocycles. The molecule has 2 aromatic heterocycles. The van der Waals surface area contributed by atoms with Crippen LogP contribution >= 0.6 is 0 Å². The van der Waals surface area contributed by atoms with Crippen LogP contribution in [0.1, 0.15) is 36.2 Å². The summed E-state index contributed by atoms with van der Waals surface area (Å²) in [5.74, 6) is -0.455. The first-order valence-corrected chi connectivity index (χ1v) is 7.30. The van der Waals surface area contributed by atoms with Gasteiger partial charge in [0.15, 0.2) is 11.5 Å². The Morgan fingerprint density at radius 3 is 2.86 bits per heavy atom. The number of anilines is 1. The maximum absolute atomic E-state index is 11.7. The topological polar surface area (TPSA) is 78.1 Å². The molecule has 2 N–H and O–H groups in total. The summed E-state index contributed by atoms with van der Waals surface area (Å²) in [6.07, 6.45) is 5.61. The van der Waals surface area contributed by atoms with Crippen LogP contribution in [0.4, 0.5) is 5.82 Å². The molecule has 0 aliphatic heterocycles. The second-order valence-electron chi connectivity index (χ2n) is 5.37. The molecule has 0 aromatic carbocycles. The molecule has 6 heteroatoms. The standard InChI is InChI=1S/C15H19N3O3/c19-10-4-9-17(11-5-3-6-11)14-13(15(20)21)18-8-2-1-7-12(18)16-14/h1-2,7-8,11,19H,3-6,9-10H2,(H,20,21). The fourth-order valence-corrected chi connectivity index (χ4v) is 2.78. The number of carbonyl (C=O) groups is 1. The molecule has 0 unspecified atom stereocenters. The summed E-state index contributed by atoms with van der Waals surface area (Å²) in [5, 5.41) is 18.6. The normalized spacial score (nSPS) is 15.1. The first-order valence-electron chi connectivity index (χ1n) is 7.30. The molecule has 0 bridgehead atoms. The first-order chi connectivity index (χ1) is 10.2. The van der Waals surface area contributed by atoms with Crippen molar-refractivity contribution in [3.63, 3.8) is 0 Å². The third-order valence-corrected chi connectivity index (χ3v) is 4.06. The molecular formula is C15H19N3O3. The number of pyridine rings is 1. The van der Waals surface area contributed by atoms with Crippen molar-refractivity contribution in [2.24, 2.45) is 0 Å². The van der Waals surface area contributed by atoms with E-state index in [4.69, 9.17) is 5.11 Å². The van der Waals surface area contributed by atoms with Gasteiger partial charge in [-0.3, -0.25) is 4.40 Å². The van der Waals surface area contributed by atoms with Crippen molar-refractivity contribution >= 4 is 17.4 Å². The van der Waals surface area contributed by atoms with Gasteiger partial charge in [-0.15, -0.1) is 0 Å². The van der Waals surface area contributed by atoms with Crippen molar-refractivity contribution in [1.29, 1.82) is 0 Å². The lowest BCUT2D eigenvalue weighted by Crippen LogP contribution is -2.42. The van der Waals surface area contributed by atoms with Crippen molar-refractivity contribution in [1.82, 2.24) is 9.38 Å². The Balaban J connectivity index is 2.07. The minimum Gasteiger partial charge on any atom is -0.476 e. The van der Waals surface area contributed by atoms with Crippen LogP contribution in [0.15, 0.2) is 24.4 Å². The van der Waals surface area contributed by atoms with Crippen LogP contribution in [0.3, 0.4) is 0 Å². The van der Waals surface area contributed by atoms with E-state index in [9.17, 15) is 9.90 Å². The lowest BCUT2D eigenvalue weighted by atomic mass is 9.91. The number of aromatic nitrogens is 2. The van der Waals surface area contributed by atoms with Gasteiger partial charge in [0.25, 0.3) is 0 Å². The molecule has 1 aliphatic rings. The minimum absolute atomic E-state index is 0.0962. The van der Waals surface area contributed by atoms with E-state index in [0.717, 1.165) is 19.3 Å². The van der Waals surface area contributed by atoms with Gasteiger partial charge in [-0.2, -0.15) is 0 Å². The van der Waals surface area contributed by atoms with E-state index in [1.165, 1.54) is 0 Å². The highest BCUT2D eigenvalue weighted by Crippen LogP contribution is 2.32. The van der Waals surface area contributed by atoms with Crippen molar-refractivity contribution in [2.45, 2.75) is 31.7 Å². The van der Waals surface area contributed by atoms with E-state index in [1.54, 1.807) is 22.7 Å². The fourth-order valence-electron chi connectivity index (χ4n) is 2.78. The summed E-state index contributed by atoms with van der Waals surface area (Å²) in [4.78, 5) is 18.2. The van der Waals surface area contributed by atoms with Crippen LogP contribution < -0.4 is 4.90 Å². The third kappa shape index (κ3) is 2.47. The Labute approximate surface area is 122 Å². The molecule has 1 saturated carbocycles.